The van der Waals surface area contributed by atoms with Crippen LogP contribution in [0.3, 0.4) is 0 Å². The van der Waals surface area contributed by atoms with Crippen molar-refractivity contribution in [2.45, 2.75) is 4.90 Å². The molecular weight excluding hydrogens is 336 g/mol. The third kappa shape index (κ3) is 4.16. The third-order valence-electron chi connectivity index (χ3n) is 3.70. The smallest absolute Gasteiger partial charge is 0.175 e. The fraction of sp³-hybridized carbons (Fsp3) is 0.105. The van der Waals surface area contributed by atoms with Gasteiger partial charge >= 0.3 is 0 Å². The molecule has 0 saturated heterocycles. The Morgan fingerprint density at radius 3 is 2.48 bits per heavy atom. The fourth-order valence-electron chi connectivity index (χ4n) is 2.43. The second-order valence-electron chi connectivity index (χ2n) is 5.59. The van der Waals surface area contributed by atoms with Gasteiger partial charge in [0.15, 0.2) is 9.84 Å². The zero-order valence-electron chi connectivity index (χ0n) is 13.9. The highest BCUT2D eigenvalue weighted by Crippen LogP contribution is 2.26. The SMILES string of the molecule is COc1cccc(-c2ccnc(Nc3cccc(S(C)(=O)=O)c3)c2)c1. The van der Waals surface area contributed by atoms with Crippen molar-refractivity contribution < 1.29 is 13.2 Å². The van der Waals surface area contributed by atoms with E-state index in [1.54, 1.807) is 37.6 Å². The van der Waals surface area contributed by atoms with Crippen LogP contribution >= 0.6 is 0 Å². The molecule has 0 bridgehead atoms. The molecule has 1 heterocycles. The molecular formula is C19H18N2O3S. The van der Waals surface area contributed by atoms with Crippen molar-refractivity contribution in [3.63, 3.8) is 0 Å². The van der Waals surface area contributed by atoms with E-state index in [0.717, 1.165) is 16.9 Å². The largest absolute Gasteiger partial charge is 0.497 e. The van der Waals surface area contributed by atoms with Crippen molar-refractivity contribution in [2.75, 3.05) is 18.7 Å². The van der Waals surface area contributed by atoms with E-state index in [9.17, 15) is 8.42 Å². The average molecular weight is 354 g/mol. The number of pyridine rings is 1. The van der Waals surface area contributed by atoms with E-state index in [-0.39, 0.29) is 4.90 Å². The Bertz CT molecular complexity index is 1000. The van der Waals surface area contributed by atoms with Crippen LogP contribution in [0, 0.1) is 0 Å². The van der Waals surface area contributed by atoms with E-state index in [1.165, 1.54) is 6.26 Å². The fourth-order valence-corrected chi connectivity index (χ4v) is 3.10. The summed E-state index contributed by atoms with van der Waals surface area (Å²) in [5.74, 6) is 1.41. The summed E-state index contributed by atoms with van der Waals surface area (Å²) in [6.45, 7) is 0. The van der Waals surface area contributed by atoms with Gasteiger partial charge < -0.3 is 10.1 Å². The van der Waals surface area contributed by atoms with Crippen molar-refractivity contribution in [3.8, 4) is 16.9 Å². The Labute approximate surface area is 147 Å². The minimum atomic E-state index is -3.25. The zero-order chi connectivity index (χ0) is 17.9. The lowest BCUT2D eigenvalue weighted by Gasteiger charge is -2.09. The molecule has 0 aliphatic carbocycles. The molecule has 2 aromatic carbocycles. The number of rotatable bonds is 5. The molecule has 0 fully saturated rings. The predicted octanol–water partition coefficient (Wildman–Crippen LogP) is 3.90. The first-order valence-corrected chi connectivity index (χ1v) is 9.52. The maximum atomic E-state index is 11.7. The van der Waals surface area contributed by atoms with Crippen LogP contribution in [0.15, 0.2) is 71.8 Å². The first-order valence-electron chi connectivity index (χ1n) is 7.63. The molecule has 3 aromatic rings. The molecule has 0 atom stereocenters. The van der Waals surface area contributed by atoms with Gasteiger partial charge in [0.25, 0.3) is 0 Å². The van der Waals surface area contributed by atoms with Crippen molar-refractivity contribution in [2.24, 2.45) is 0 Å². The molecule has 6 heteroatoms. The normalized spacial score (nSPS) is 11.1. The van der Waals surface area contributed by atoms with Gasteiger partial charge in [0.1, 0.15) is 11.6 Å². The topological polar surface area (TPSA) is 68.3 Å². The molecule has 0 aliphatic rings. The van der Waals surface area contributed by atoms with Gasteiger partial charge in [0.2, 0.25) is 0 Å². The first-order chi connectivity index (χ1) is 12.0. The Kier molecular flexibility index (Phi) is 4.72. The summed E-state index contributed by atoms with van der Waals surface area (Å²) in [7, 11) is -1.62. The van der Waals surface area contributed by atoms with Crippen LogP contribution in [0.5, 0.6) is 5.75 Å². The Hall–Kier alpha value is -2.86. The number of hydrogen-bond acceptors (Lipinski definition) is 5. The molecule has 0 spiro atoms. The summed E-state index contributed by atoms with van der Waals surface area (Å²) < 4.78 is 28.6. The van der Waals surface area contributed by atoms with Gasteiger partial charge in [-0.2, -0.15) is 0 Å². The maximum absolute atomic E-state index is 11.7. The van der Waals surface area contributed by atoms with Crippen LogP contribution in [0.25, 0.3) is 11.1 Å². The van der Waals surface area contributed by atoms with Gasteiger partial charge in [0.05, 0.1) is 12.0 Å². The zero-order valence-corrected chi connectivity index (χ0v) is 14.7. The molecule has 5 nitrogen and oxygen atoms in total. The van der Waals surface area contributed by atoms with Gasteiger partial charge in [-0.3, -0.25) is 0 Å². The lowest BCUT2D eigenvalue weighted by Crippen LogP contribution is -1.99. The lowest BCUT2D eigenvalue weighted by atomic mass is 10.1. The number of benzene rings is 2. The standard InChI is InChI=1S/C19H18N2O3S/c1-24-17-7-3-5-14(11-17)15-9-10-20-19(12-15)21-16-6-4-8-18(13-16)25(2,22)23/h3-13H,1-2H3,(H,20,21). The third-order valence-corrected chi connectivity index (χ3v) is 4.81. The average Bonchev–Trinajstić information content (AvgIpc) is 2.61. The van der Waals surface area contributed by atoms with Crippen molar-refractivity contribution in [3.05, 3.63) is 66.9 Å². The quantitative estimate of drug-likeness (QED) is 0.752. The monoisotopic (exact) mass is 354 g/mol. The number of hydrogen-bond donors (Lipinski definition) is 1. The summed E-state index contributed by atoms with van der Waals surface area (Å²) in [5.41, 5.74) is 2.66. The summed E-state index contributed by atoms with van der Waals surface area (Å²) >= 11 is 0. The van der Waals surface area contributed by atoms with Gasteiger partial charge in [-0.05, 0) is 53.6 Å². The van der Waals surface area contributed by atoms with E-state index >= 15 is 0 Å². The highest BCUT2D eigenvalue weighted by molar-refractivity contribution is 7.90. The predicted molar refractivity (Wildman–Crippen MR) is 99.1 cm³/mol. The second-order valence-corrected chi connectivity index (χ2v) is 7.60. The number of sulfone groups is 1. The molecule has 128 valence electrons. The minimum absolute atomic E-state index is 0.265. The first kappa shape index (κ1) is 17.0. The number of anilines is 2. The highest BCUT2D eigenvalue weighted by Gasteiger charge is 2.08. The molecule has 1 aromatic heterocycles. The van der Waals surface area contributed by atoms with Crippen LogP contribution in [-0.4, -0.2) is 26.8 Å². The van der Waals surface area contributed by atoms with E-state index < -0.39 is 9.84 Å². The maximum Gasteiger partial charge on any atom is 0.175 e. The number of methoxy groups -OCH3 is 1. The van der Waals surface area contributed by atoms with E-state index in [1.807, 2.05) is 36.4 Å². The molecule has 0 aliphatic heterocycles. The second kappa shape index (κ2) is 6.94. The van der Waals surface area contributed by atoms with Crippen molar-refractivity contribution in [1.29, 1.82) is 0 Å². The minimum Gasteiger partial charge on any atom is -0.497 e. The van der Waals surface area contributed by atoms with E-state index in [2.05, 4.69) is 10.3 Å². The van der Waals surface area contributed by atoms with Crippen LogP contribution in [0.4, 0.5) is 11.5 Å². The van der Waals surface area contributed by atoms with E-state index in [0.29, 0.717) is 11.5 Å². The molecule has 0 saturated carbocycles. The van der Waals surface area contributed by atoms with Crippen molar-refractivity contribution >= 4 is 21.3 Å². The Balaban J connectivity index is 1.90. The van der Waals surface area contributed by atoms with Crippen LogP contribution < -0.4 is 10.1 Å². The summed E-state index contributed by atoms with van der Waals surface area (Å²) in [6, 6.07) is 18.2. The molecule has 0 amide bonds. The Morgan fingerprint density at radius 2 is 1.72 bits per heavy atom. The number of nitrogens with zero attached hydrogens (tertiary/aromatic N) is 1. The summed E-state index contributed by atoms with van der Waals surface area (Å²) in [5, 5.41) is 3.15. The van der Waals surface area contributed by atoms with Gasteiger partial charge in [-0.15, -0.1) is 0 Å². The highest BCUT2D eigenvalue weighted by atomic mass is 32.2. The number of ether oxygens (including phenoxy) is 1. The van der Waals surface area contributed by atoms with Gasteiger partial charge in [0, 0.05) is 18.1 Å². The summed E-state index contributed by atoms with van der Waals surface area (Å²) in [6.07, 6.45) is 2.89. The number of aromatic nitrogens is 1. The molecule has 25 heavy (non-hydrogen) atoms. The molecule has 0 radical (unpaired) electrons. The number of nitrogens with one attached hydrogen (secondary N) is 1. The van der Waals surface area contributed by atoms with E-state index in [4.69, 9.17) is 4.74 Å². The summed E-state index contributed by atoms with van der Waals surface area (Å²) in [4.78, 5) is 4.57. The van der Waals surface area contributed by atoms with Gasteiger partial charge in [-0.25, -0.2) is 13.4 Å². The molecule has 0 unspecified atom stereocenters. The van der Waals surface area contributed by atoms with Gasteiger partial charge in [-0.1, -0.05) is 18.2 Å². The van der Waals surface area contributed by atoms with Crippen LogP contribution in [-0.2, 0) is 9.84 Å². The Morgan fingerprint density at radius 1 is 0.960 bits per heavy atom. The molecule has 3 rings (SSSR count). The van der Waals surface area contributed by atoms with Crippen LogP contribution in [0.2, 0.25) is 0 Å². The van der Waals surface area contributed by atoms with Crippen LogP contribution in [0.1, 0.15) is 0 Å². The lowest BCUT2D eigenvalue weighted by molar-refractivity contribution is 0.415. The van der Waals surface area contributed by atoms with Crippen molar-refractivity contribution in [1.82, 2.24) is 4.98 Å². The molecule has 1 N–H and O–H groups in total.